The molecule has 2 aromatic carbocycles. The number of hydrogen-bond acceptors (Lipinski definition) is 2. The van der Waals surface area contributed by atoms with E-state index in [1.54, 1.807) is 18.2 Å². The molecule has 2 rings (SSSR count). The summed E-state index contributed by atoms with van der Waals surface area (Å²) >= 11 is 0. The fourth-order valence-electron chi connectivity index (χ4n) is 2.03. The number of benzene rings is 2. The molecule has 0 aliphatic rings. The fraction of sp³-hybridized carbons (Fsp3) is 0.235. The van der Waals surface area contributed by atoms with Crippen LogP contribution in [0.25, 0.3) is 0 Å². The summed E-state index contributed by atoms with van der Waals surface area (Å²) in [7, 11) is -1.17. The van der Waals surface area contributed by atoms with Gasteiger partial charge in [0.05, 0.1) is 22.1 Å². The van der Waals surface area contributed by atoms with Gasteiger partial charge in [-0.25, -0.2) is 4.79 Å². The molecule has 0 saturated heterocycles. The molecule has 110 valence electrons. The van der Waals surface area contributed by atoms with Crippen LogP contribution in [0.1, 0.15) is 41.3 Å². The van der Waals surface area contributed by atoms with Crippen LogP contribution in [0.3, 0.4) is 0 Å². The minimum atomic E-state index is -1.17. The van der Waals surface area contributed by atoms with E-state index in [9.17, 15) is 9.00 Å². The molecule has 1 N–H and O–H groups in total. The van der Waals surface area contributed by atoms with Crippen LogP contribution in [0, 0.1) is 0 Å². The number of rotatable bonds is 5. The van der Waals surface area contributed by atoms with Crippen molar-refractivity contribution in [3.63, 3.8) is 0 Å². The quantitative estimate of drug-likeness (QED) is 0.913. The van der Waals surface area contributed by atoms with E-state index in [2.05, 4.69) is 13.8 Å². The molecule has 0 amide bonds. The molecule has 0 bridgehead atoms. The number of carboxylic acids is 1. The number of carbonyl (C=O) groups is 1. The van der Waals surface area contributed by atoms with Crippen LogP contribution in [-0.4, -0.2) is 15.3 Å². The zero-order chi connectivity index (χ0) is 15.4. The standard InChI is InChI=1S/C17H18O3S/c1-12(2)14-6-8-16(9-7-14)21(20)11-13-4-3-5-15(10-13)17(18)19/h3-10,12H,11H2,1-2H3,(H,18,19). The lowest BCUT2D eigenvalue weighted by Crippen LogP contribution is -2.00. The highest BCUT2D eigenvalue weighted by molar-refractivity contribution is 7.84. The molecule has 4 heteroatoms. The lowest BCUT2D eigenvalue weighted by molar-refractivity contribution is 0.0696. The van der Waals surface area contributed by atoms with Crippen LogP contribution in [0.2, 0.25) is 0 Å². The zero-order valence-corrected chi connectivity index (χ0v) is 12.9. The van der Waals surface area contributed by atoms with Gasteiger partial charge in [0.1, 0.15) is 0 Å². The van der Waals surface area contributed by atoms with E-state index in [-0.39, 0.29) is 5.56 Å². The van der Waals surface area contributed by atoms with E-state index >= 15 is 0 Å². The molecular formula is C17H18O3S. The van der Waals surface area contributed by atoms with Crippen LogP contribution < -0.4 is 0 Å². The van der Waals surface area contributed by atoms with Crippen molar-refractivity contribution in [3.05, 3.63) is 65.2 Å². The Kier molecular flexibility index (Phi) is 4.91. The van der Waals surface area contributed by atoms with Crippen molar-refractivity contribution in [1.82, 2.24) is 0 Å². The maximum absolute atomic E-state index is 12.3. The van der Waals surface area contributed by atoms with Crippen molar-refractivity contribution in [2.75, 3.05) is 0 Å². The second-order valence-corrected chi connectivity index (χ2v) is 6.67. The maximum Gasteiger partial charge on any atom is 0.335 e. The van der Waals surface area contributed by atoms with E-state index in [1.165, 1.54) is 11.6 Å². The van der Waals surface area contributed by atoms with Crippen molar-refractivity contribution in [2.24, 2.45) is 0 Å². The van der Waals surface area contributed by atoms with E-state index in [1.807, 2.05) is 24.3 Å². The van der Waals surface area contributed by atoms with Crippen molar-refractivity contribution < 1.29 is 14.1 Å². The second kappa shape index (κ2) is 6.68. The van der Waals surface area contributed by atoms with Crippen LogP contribution in [0.15, 0.2) is 53.4 Å². The van der Waals surface area contributed by atoms with E-state index in [0.29, 0.717) is 11.7 Å². The molecule has 0 aliphatic heterocycles. The summed E-state index contributed by atoms with van der Waals surface area (Å²) < 4.78 is 12.3. The Labute approximate surface area is 127 Å². The summed E-state index contributed by atoms with van der Waals surface area (Å²) in [5, 5.41) is 8.97. The Morgan fingerprint density at radius 2 is 1.81 bits per heavy atom. The molecule has 21 heavy (non-hydrogen) atoms. The van der Waals surface area contributed by atoms with Crippen molar-refractivity contribution in [2.45, 2.75) is 30.4 Å². The van der Waals surface area contributed by atoms with Gasteiger partial charge in [-0.1, -0.05) is 38.1 Å². The largest absolute Gasteiger partial charge is 0.478 e. The molecule has 3 nitrogen and oxygen atoms in total. The normalized spacial score (nSPS) is 12.3. The fourth-order valence-corrected chi connectivity index (χ4v) is 3.12. The lowest BCUT2D eigenvalue weighted by atomic mass is 10.0. The molecule has 2 aromatic rings. The first-order chi connectivity index (χ1) is 9.97. The van der Waals surface area contributed by atoms with Gasteiger partial charge in [-0.15, -0.1) is 0 Å². The first kappa shape index (κ1) is 15.4. The Bertz CT molecular complexity index is 660. The van der Waals surface area contributed by atoms with E-state index in [4.69, 9.17) is 5.11 Å². The van der Waals surface area contributed by atoms with E-state index < -0.39 is 16.8 Å². The van der Waals surface area contributed by atoms with Gasteiger partial charge in [-0.3, -0.25) is 4.21 Å². The summed E-state index contributed by atoms with van der Waals surface area (Å²) in [6.45, 7) is 4.23. The van der Waals surface area contributed by atoms with Crippen LogP contribution in [-0.2, 0) is 16.6 Å². The molecular weight excluding hydrogens is 284 g/mol. The van der Waals surface area contributed by atoms with Gasteiger partial charge in [-0.05, 0) is 41.3 Å². The van der Waals surface area contributed by atoms with Crippen LogP contribution in [0.4, 0.5) is 0 Å². The van der Waals surface area contributed by atoms with E-state index in [0.717, 1.165) is 10.5 Å². The van der Waals surface area contributed by atoms with Gasteiger partial charge in [-0.2, -0.15) is 0 Å². The zero-order valence-electron chi connectivity index (χ0n) is 12.1. The molecule has 0 aromatic heterocycles. The van der Waals surface area contributed by atoms with Crippen molar-refractivity contribution in [3.8, 4) is 0 Å². The monoisotopic (exact) mass is 302 g/mol. The van der Waals surface area contributed by atoms with Crippen LogP contribution >= 0.6 is 0 Å². The highest BCUT2D eigenvalue weighted by atomic mass is 32.2. The predicted molar refractivity (Wildman–Crippen MR) is 84.0 cm³/mol. The topological polar surface area (TPSA) is 54.4 Å². The van der Waals surface area contributed by atoms with Crippen LogP contribution in [0.5, 0.6) is 0 Å². The molecule has 0 spiro atoms. The average Bonchev–Trinajstić information content (AvgIpc) is 2.47. The third kappa shape index (κ3) is 4.02. The van der Waals surface area contributed by atoms with Gasteiger partial charge < -0.3 is 5.11 Å². The summed E-state index contributed by atoms with van der Waals surface area (Å²) in [5.41, 5.74) is 2.20. The minimum absolute atomic E-state index is 0.222. The molecule has 0 aliphatic carbocycles. The molecule has 0 saturated carbocycles. The second-order valence-electron chi connectivity index (χ2n) is 5.22. The number of carboxylic acid groups (broad SMARTS) is 1. The molecule has 0 heterocycles. The molecule has 1 unspecified atom stereocenters. The lowest BCUT2D eigenvalue weighted by Gasteiger charge is -2.07. The van der Waals surface area contributed by atoms with Gasteiger partial charge in [0.15, 0.2) is 0 Å². The maximum atomic E-state index is 12.3. The first-order valence-corrected chi connectivity index (χ1v) is 8.10. The summed E-state index contributed by atoms with van der Waals surface area (Å²) in [5.74, 6) is -0.203. The highest BCUT2D eigenvalue weighted by Gasteiger charge is 2.09. The predicted octanol–water partition coefficient (Wildman–Crippen LogP) is 3.82. The SMILES string of the molecule is CC(C)c1ccc(S(=O)Cc2cccc(C(=O)O)c2)cc1. The van der Waals surface area contributed by atoms with Crippen molar-refractivity contribution >= 4 is 16.8 Å². The molecule has 0 radical (unpaired) electrons. The average molecular weight is 302 g/mol. The Balaban J connectivity index is 2.14. The van der Waals surface area contributed by atoms with Crippen molar-refractivity contribution in [1.29, 1.82) is 0 Å². The smallest absolute Gasteiger partial charge is 0.335 e. The third-order valence-electron chi connectivity index (χ3n) is 3.28. The first-order valence-electron chi connectivity index (χ1n) is 6.78. The minimum Gasteiger partial charge on any atom is -0.478 e. The Morgan fingerprint density at radius 1 is 1.14 bits per heavy atom. The van der Waals surface area contributed by atoms with Gasteiger partial charge in [0.25, 0.3) is 0 Å². The summed E-state index contributed by atoms with van der Waals surface area (Å²) in [6, 6.07) is 14.3. The highest BCUT2D eigenvalue weighted by Crippen LogP contribution is 2.18. The number of aromatic carboxylic acids is 1. The van der Waals surface area contributed by atoms with Gasteiger partial charge in [0.2, 0.25) is 0 Å². The molecule has 1 atom stereocenters. The summed E-state index contributed by atoms with van der Waals surface area (Å²) in [6.07, 6.45) is 0. The Hall–Kier alpha value is -1.94. The Morgan fingerprint density at radius 3 is 2.38 bits per heavy atom. The third-order valence-corrected chi connectivity index (χ3v) is 4.67. The van der Waals surface area contributed by atoms with Gasteiger partial charge in [0, 0.05) is 4.90 Å². The number of hydrogen-bond donors (Lipinski definition) is 1. The summed E-state index contributed by atoms with van der Waals surface area (Å²) in [4.78, 5) is 11.7. The van der Waals surface area contributed by atoms with Gasteiger partial charge >= 0.3 is 5.97 Å². The molecule has 0 fully saturated rings.